The molecule has 1 aliphatic heterocycles. The molecule has 0 unspecified atom stereocenters. The van der Waals surface area contributed by atoms with Gasteiger partial charge in [-0.25, -0.2) is 0 Å². The van der Waals surface area contributed by atoms with Crippen LogP contribution in [0.5, 0.6) is 5.75 Å². The molecule has 0 spiro atoms. The number of benzene rings is 1. The summed E-state index contributed by atoms with van der Waals surface area (Å²) >= 11 is 0. The second-order valence-electron chi connectivity index (χ2n) is 8.16. The number of methoxy groups -OCH3 is 1. The quantitative estimate of drug-likeness (QED) is 0.569. The molecule has 0 bridgehead atoms. The first-order chi connectivity index (χ1) is 15.3. The summed E-state index contributed by atoms with van der Waals surface area (Å²) in [6.07, 6.45) is 3.13. The number of aryl methyl sites for hydroxylation is 3. The molecule has 3 heterocycles. The Morgan fingerprint density at radius 3 is 2.38 bits per heavy atom. The first-order valence-electron chi connectivity index (χ1n) is 10.7. The number of hydrogen-bond donors (Lipinski definition) is 0. The lowest BCUT2D eigenvalue weighted by Gasteiger charge is -2.33. The molecule has 7 nitrogen and oxygen atoms in total. The van der Waals surface area contributed by atoms with Crippen molar-refractivity contribution in [2.45, 2.75) is 27.7 Å². The Morgan fingerprint density at radius 2 is 1.75 bits per heavy atom. The first kappa shape index (κ1) is 21.7. The van der Waals surface area contributed by atoms with Crippen LogP contribution in [0.3, 0.4) is 0 Å². The highest BCUT2D eigenvalue weighted by Gasteiger charge is 2.26. The normalized spacial score (nSPS) is 14.8. The average molecular weight is 437 g/mol. The van der Waals surface area contributed by atoms with Crippen LogP contribution in [0.1, 0.15) is 39.9 Å². The maximum Gasteiger partial charge on any atom is 0.289 e. The van der Waals surface area contributed by atoms with Crippen LogP contribution >= 0.6 is 0 Å². The number of hydrogen-bond acceptors (Lipinski definition) is 5. The Morgan fingerprint density at radius 1 is 1.06 bits per heavy atom. The maximum atomic E-state index is 13.0. The van der Waals surface area contributed by atoms with E-state index in [9.17, 15) is 9.59 Å². The number of fused-ring (bicyclic) bond motifs is 1. The Kier molecular flexibility index (Phi) is 5.82. The van der Waals surface area contributed by atoms with E-state index in [2.05, 4.69) is 0 Å². The predicted octanol–water partition coefficient (Wildman–Crippen LogP) is 4.35. The van der Waals surface area contributed by atoms with Gasteiger partial charge >= 0.3 is 0 Å². The largest absolute Gasteiger partial charge is 0.496 e. The van der Waals surface area contributed by atoms with E-state index in [-0.39, 0.29) is 11.8 Å². The van der Waals surface area contributed by atoms with Crippen LogP contribution in [0.25, 0.3) is 16.5 Å². The zero-order chi connectivity index (χ0) is 23.0. The molecule has 3 aromatic rings. The lowest BCUT2D eigenvalue weighted by Crippen LogP contribution is -2.50. The molecule has 0 aliphatic carbocycles. The molecule has 1 saturated heterocycles. The average Bonchev–Trinajstić information content (AvgIpc) is 3.42. The summed E-state index contributed by atoms with van der Waals surface area (Å²) in [6.45, 7) is 9.76. The van der Waals surface area contributed by atoms with Crippen molar-refractivity contribution in [2.75, 3.05) is 33.3 Å². The summed E-state index contributed by atoms with van der Waals surface area (Å²) in [5.41, 5.74) is 4.52. The van der Waals surface area contributed by atoms with Crippen molar-refractivity contribution in [1.82, 2.24) is 9.80 Å². The summed E-state index contributed by atoms with van der Waals surface area (Å²) in [5, 5.41) is 1.03. The topological polar surface area (TPSA) is 76.1 Å². The number of furan rings is 2. The molecule has 0 N–H and O–H groups in total. The van der Waals surface area contributed by atoms with E-state index in [1.165, 1.54) is 6.26 Å². The minimum atomic E-state index is -0.145. The number of allylic oxidation sites excluding steroid dienone is 1. The Balaban J connectivity index is 1.53. The van der Waals surface area contributed by atoms with Crippen molar-refractivity contribution in [3.63, 3.8) is 0 Å². The van der Waals surface area contributed by atoms with Gasteiger partial charge in [0.05, 0.1) is 13.4 Å². The SMILES string of the molecule is COc1c(/C(C)=C/C(=O)N2CCN(C(=O)c3ccco3)CC2)cc2c(C)c(C)oc2c1C. The molecule has 168 valence electrons. The number of ether oxygens (including phenoxy) is 1. The van der Waals surface area contributed by atoms with Crippen molar-refractivity contribution >= 4 is 28.4 Å². The van der Waals surface area contributed by atoms with Crippen LogP contribution in [0, 0.1) is 20.8 Å². The molecule has 0 atom stereocenters. The predicted molar refractivity (Wildman–Crippen MR) is 122 cm³/mol. The summed E-state index contributed by atoms with van der Waals surface area (Å²) in [7, 11) is 1.63. The molecule has 1 aliphatic rings. The van der Waals surface area contributed by atoms with Crippen molar-refractivity contribution in [3.8, 4) is 5.75 Å². The molecular weight excluding hydrogens is 408 g/mol. The fourth-order valence-electron chi connectivity index (χ4n) is 4.21. The van der Waals surface area contributed by atoms with Gasteiger partial charge in [-0.3, -0.25) is 9.59 Å². The van der Waals surface area contributed by atoms with E-state index in [1.54, 1.807) is 35.1 Å². The van der Waals surface area contributed by atoms with E-state index < -0.39 is 0 Å². The van der Waals surface area contributed by atoms with Crippen molar-refractivity contribution in [2.24, 2.45) is 0 Å². The number of amides is 2. The fraction of sp³-hybridized carbons (Fsp3) is 0.360. The number of rotatable bonds is 4. The monoisotopic (exact) mass is 436 g/mol. The van der Waals surface area contributed by atoms with E-state index in [0.29, 0.717) is 37.7 Å². The smallest absolute Gasteiger partial charge is 0.289 e. The summed E-state index contributed by atoms with van der Waals surface area (Å²) in [6, 6.07) is 5.38. The Hall–Kier alpha value is -3.48. The van der Waals surface area contributed by atoms with Crippen LogP contribution in [-0.2, 0) is 4.79 Å². The van der Waals surface area contributed by atoms with Crippen LogP contribution in [0.4, 0.5) is 0 Å². The molecule has 32 heavy (non-hydrogen) atoms. The van der Waals surface area contributed by atoms with Crippen molar-refractivity contribution in [3.05, 3.63) is 58.7 Å². The van der Waals surface area contributed by atoms with Crippen molar-refractivity contribution < 1.29 is 23.2 Å². The van der Waals surface area contributed by atoms with Gasteiger partial charge in [-0.15, -0.1) is 0 Å². The fourth-order valence-corrected chi connectivity index (χ4v) is 4.21. The lowest BCUT2D eigenvalue weighted by atomic mass is 9.98. The van der Waals surface area contributed by atoms with E-state index in [0.717, 1.165) is 39.0 Å². The number of carbonyl (C=O) groups excluding carboxylic acids is 2. The minimum Gasteiger partial charge on any atom is -0.496 e. The zero-order valence-corrected chi connectivity index (χ0v) is 19.2. The van der Waals surface area contributed by atoms with Gasteiger partial charge in [0, 0.05) is 48.8 Å². The number of piperazine rings is 1. The van der Waals surface area contributed by atoms with Gasteiger partial charge in [0.15, 0.2) is 5.76 Å². The van der Waals surface area contributed by atoms with Gasteiger partial charge in [-0.2, -0.15) is 0 Å². The third kappa shape index (κ3) is 3.79. The molecule has 2 amide bonds. The molecule has 1 aromatic carbocycles. The van der Waals surface area contributed by atoms with Gasteiger partial charge in [0.1, 0.15) is 17.1 Å². The van der Waals surface area contributed by atoms with Gasteiger partial charge < -0.3 is 23.4 Å². The Labute approximate surface area is 187 Å². The van der Waals surface area contributed by atoms with Crippen molar-refractivity contribution in [1.29, 1.82) is 0 Å². The van der Waals surface area contributed by atoms with E-state index in [4.69, 9.17) is 13.6 Å². The standard InChI is InChI=1S/C25H28N2O5/c1-15(19-14-20-16(2)18(4)32-24(20)17(3)23(19)30-5)13-22(28)26-8-10-27(11-9-26)25(29)21-7-6-12-31-21/h6-7,12-14H,8-11H2,1-5H3/b15-13+. The number of carbonyl (C=O) groups is 2. The van der Waals surface area contributed by atoms with Crippen LogP contribution in [0.15, 0.2) is 39.4 Å². The van der Waals surface area contributed by atoms with E-state index in [1.807, 2.05) is 33.8 Å². The highest BCUT2D eigenvalue weighted by atomic mass is 16.5. The van der Waals surface area contributed by atoms with Gasteiger partial charge in [-0.05, 0) is 57.0 Å². The number of nitrogens with zero attached hydrogens (tertiary/aromatic N) is 2. The third-order valence-electron chi connectivity index (χ3n) is 6.23. The highest BCUT2D eigenvalue weighted by molar-refractivity contribution is 5.98. The molecule has 0 radical (unpaired) electrons. The molecule has 4 rings (SSSR count). The van der Waals surface area contributed by atoms with Gasteiger partial charge in [-0.1, -0.05) is 0 Å². The molecule has 7 heteroatoms. The summed E-state index contributed by atoms with van der Waals surface area (Å²) in [5.74, 6) is 1.69. The lowest BCUT2D eigenvalue weighted by molar-refractivity contribution is -0.127. The summed E-state index contributed by atoms with van der Waals surface area (Å²) in [4.78, 5) is 28.9. The second-order valence-corrected chi connectivity index (χ2v) is 8.16. The van der Waals surface area contributed by atoms with Crippen LogP contribution in [-0.4, -0.2) is 54.9 Å². The summed E-state index contributed by atoms with van der Waals surface area (Å²) < 4.78 is 16.8. The molecular formula is C25H28N2O5. The maximum absolute atomic E-state index is 13.0. The zero-order valence-electron chi connectivity index (χ0n) is 19.2. The molecule has 1 fully saturated rings. The molecule has 2 aromatic heterocycles. The van der Waals surface area contributed by atoms with Gasteiger partial charge in [0.25, 0.3) is 5.91 Å². The van der Waals surface area contributed by atoms with Crippen LogP contribution < -0.4 is 4.74 Å². The Bertz CT molecular complexity index is 1200. The van der Waals surface area contributed by atoms with Crippen LogP contribution in [0.2, 0.25) is 0 Å². The van der Waals surface area contributed by atoms with E-state index >= 15 is 0 Å². The first-order valence-corrected chi connectivity index (χ1v) is 10.7. The minimum absolute atomic E-state index is 0.0764. The third-order valence-corrected chi connectivity index (χ3v) is 6.23. The molecule has 0 saturated carbocycles. The van der Waals surface area contributed by atoms with Gasteiger partial charge in [0.2, 0.25) is 5.91 Å². The second kappa shape index (κ2) is 8.57. The highest BCUT2D eigenvalue weighted by Crippen LogP contribution is 2.38.